The van der Waals surface area contributed by atoms with Crippen molar-refractivity contribution in [1.82, 2.24) is 15.0 Å². The fraction of sp³-hybridized carbons (Fsp3) is 0.308. The lowest BCUT2D eigenvalue weighted by Crippen LogP contribution is -2.10. The number of hydrogen-bond acceptors (Lipinski definition) is 4. The number of carbonyl (C=O) groups excluding carboxylic acids is 1. The molecule has 1 heterocycles. The SMILES string of the molecule is Cc1cccc(C(=O)c2cn(CCN)nn2)c1C. The van der Waals surface area contributed by atoms with E-state index in [9.17, 15) is 4.79 Å². The van der Waals surface area contributed by atoms with Gasteiger partial charge in [0.25, 0.3) is 0 Å². The predicted octanol–water partition coefficient (Wildman–Crippen LogP) is 1.08. The molecule has 0 atom stereocenters. The zero-order valence-electron chi connectivity index (χ0n) is 10.6. The summed E-state index contributed by atoms with van der Waals surface area (Å²) in [6, 6.07) is 5.67. The van der Waals surface area contributed by atoms with E-state index in [0.29, 0.717) is 24.3 Å². The molecule has 0 bridgehead atoms. The first-order chi connectivity index (χ1) is 8.63. The van der Waals surface area contributed by atoms with E-state index in [1.807, 2.05) is 32.0 Å². The van der Waals surface area contributed by atoms with Crippen molar-refractivity contribution in [3.63, 3.8) is 0 Å². The third kappa shape index (κ3) is 2.31. The van der Waals surface area contributed by atoms with Crippen LogP contribution in [0.1, 0.15) is 27.2 Å². The highest BCUT2D eigenvalue weighted by molar-refractivity contribution is 6.08. The highest BCUT2D eigenvalue weighted by Gasteiger charge is 2.15. The van der Waals surface area contributed by atoms with Gasteiger partial charge in [0.15, 0.2) is 5.69 Å². The topological polar surface area (TPSA) is 73.8 Å². The molecule has 2 rings (SSSR count). The quantitative estimate of drug-likeness (QED) is 0.817. The maximum absolute atomic E-state index is 12.3. The summed E-state index contributed by atoms with van der Waals surface area (Å²) < 4.78 is 1.58. The molecule has 0 aliphatic carbocycles. The van der Waals surface area contributed by atoms with Crippen molar-refractivity contribution in [3.8, 4) is 0 Å². The van der Waals surface area contributed by atoms with E-state index >= 15 is 0 Å². The van der Waals surface area contributed by atoms with Crippen LogP contribution >= 0.6 is 0 Å². The van der Waals surface area contributed by atoms with Gasteiger partial charge in [0.05, 0.1) is 12.7 Å². The van der Waals surface area contributed by atoms with Gasteiger partial charge >= 0.3 is 0 Å². The van der Waals surface area contributed by atoms with Gasteiger partial charge in [0.1, 0.15) is 0 Å². The highest BCUT2D eigenvalue weighted by Crippen LogP contribution is 2.15. The van der Waals surface area contributed by atoms with Crippen molar-refractivity contribution in [2.24, 2.45) is 5.73 Å². The number of nitrogens with zero attached hydrogens (tertiary/aromatic N) is 3. The Morgan fingerprint density at radius 1 is 1.39 bits per heavy atom. The molecule has 0 amide bonds. The lowest BCUT2D eigenvalue weighted by molar-refractivity contribution is 0.103. The lowest BCUT2D eigenvalue weighted by Gasteiger charge is -2.05. The average Bonchev–Trinajstić information content (AvgIpc) is 2.81. The zero-order chi connectivity index (χ0) is 13.1. The molecule has 0 unspecified atom stereocenters. The minimum absolute atomic E-state index is 0.0977. The van der Waals surface area contributed by atoms with E-state index in [-0.39, 0.29) is 5.78 Å². The van der Waals surface area contributed by atoms with Gasteiger partial charge in [-0.25, -0.2) is 0 Å². The van der Waals surface area contributed by atoms with Gasteiger partial charge in [0, 0.05) is 12.1 Å². The molecule has 0 saturated carbocycles. The molecule has 2 N–H and O–H groups in total. The van der Waals surface area contributed by atoms with E-state index in [4.69, 9.17) is 5.73 Å². The van der Waals surface area contributed by atoms with E-state index in [1.165, 1.54) is 0 Å². The van der Waals surface area contributed by atoms with Gasteiger partial charge in [-0.15, -0.1) is 5.10 Å². The number of benzene rings is 1. The molecule has 0 aliphatic heterocycles. The van der Waals surface area contributed by atoms with Crippen molar-refractivity contribution in [2.45, 2.75) is 20.4 Å². The molecular formula is C13H16N4O. The number of aryl methyl sites for hydroxylation is 1. The molecule has 94 valence electrons. The summed E-state index contributed by atoms with van der Waals surface area (Å²) in [6.07, 6.45) is 1.64. The monoisotopic (exact) mass is 244 g/mol. The van der Waals surface area contributed by atoms with Gasteiger partial charge < -0.3 is 5.73 Å². The lowest BCUT2D eigenvalue weighted by atomic mass is 9.99. The van der Waals surface area contributed by atoms with Crippen molar-refractivity contribution >= 4 is 5.78 Å². The third-order valence-electron chi connectivity index (χ3n) is 2.98. The van der Waals surface area contributed by atoms with Crippen LogP contribution in [-0.2, 0) is 6.54 Å². The molecule has 1 aromatic heterocycles. The first kappa shape index (κ1) is 12.4. The zero-order valence-corrected chi connectivity index (χ0v) is 10.6. The van der Waals surface area contributed by atoms with Crippen molar-refractivity contribution in [2.75, 3.05) is 6.54 Å². The van der Waals surface area contributed by atoms with Gasteiger partial charge in [-0.2, -0.15) is 0 Å². The predicted molar refractivity (Wildman–Crippen MR) is 68.4 cm³/mol. The van der Waals surface area contributed by atoms with Gasteiger partial charge in [-0.1, -0.05) is 23.4 Å². The first-order valence-electron chi connectivity index (χ1n) is 5.84. The van der Waals surface area contributed by atoms with E-state index in [0.717, 1.165) is 11.1 Å². The molecule has 2 aromatic rings. The number of nitrogens with two attached hydrogens (primary N) is 1. The van der Waals surface area contributed by atoms with Gasteiger partial charge in [-0.3, -0.25) is 9.48 Å². The van der Waals surface area contributed by atoms with Crippen LogP contribution in [0.2, 0.25) is 0 Å². The summed E-state index contributed by atoms with van der Waals surface area (Å²) in [5.41, 5.74) is 8.54. The normalized spacial score (nSPS) is 10.6. The Kier molecular flexibility index (Phi) is 3.53. The number of rotatable bonds is 4. The molecular weight excluding hydrogens is 228 g/mol. The Labute approximate surface area is 106 Å². The molecule has 0 aliphatic rings. The molecule has 5 nitrogen and oxygen atoms in total. The van der Waals surface area contributed by atoms with Crippen molar-refractivity contribution in [3.05, 3.63) is 46.8 Å². The maximum Gasteiger partial charge on any atom is 0.215 e. The van der Waals surface area contributed by atoms with Crippen LogP contribution in [0, 0.1) is 13.8 Å². The molecule has 0 spiro atoms. The van der Waals surface area contributed by atoms with Crippen molar-refractivity contribution in [1.29, 1.82) is 0 Å². The highest BCUT2D eigenvalue weighted by atomic mass is 16.1. The largest absolute Gasteiger partial charge is 0.329 e. The second kappa shape index (κ2) is 5.10. The van der Waals surface area contributed by atoms with E-state index in [2.05, 4.69) is 10.3 Å². The molecule has 18 heavy (non-hydrogen) atoms. The molecule has 0 fully saturated rings. The van der Waals surface area contributed by atoms with E-state index in [1.54, 1.807) is 10.9 Å². The van der Waals surface area contributed by atoms with Crippen LogP contribution in [0.5, 0.6) is 0 Å². The number of hydrogen-bond donors (Lipinski definition) is 1. The third-order valence-corrected chi connectivity index (χ3v) is 2.98. The van der Waals surface area contributed by atoms with Crippen LogP contribution < -0.4 is 5.73 Å². The Morgan fingerprint density at radius 2 is 2.17 bits per heavy atom. The Morgan fingerprint density at radius 3 is 2.89 bits per heavy atom. The minimum Gasteiger partial charge on any atom is -0.329 e. The summed E-state index contributed by atoms with van der Waals surface area (Å²) in [5, 5.41) is 7.76. The standard InChI is InChI=1S/C13H16N4O/c1-9-4-3-5-11(10(9)2)13(18)12-8-17(7-6-14)16-15-12/h3-5,8H,6-7,14H2,1-2H3. The van der Waals surface area contributed by atoms with Crippen LogP contribution in [0.25, 0.3) is 0 Å². The van der Waals surface area contributed by atoms with Gasteiger partial charge in [-0.05, 0) is 25.0 Å². The average molecular weight is 244 g/mol. The second-order valence-electron chi connectivity index (χ2n) is 4.23. The smallest absolute Gasteiger partial charge is 0.215 e. The molecule has 5 heteroatoms. The summed E-state index contributed by atoms with van der Waals surface area (Å²) in [6.45, 7) is 4.96. The van der Waals surface area contributed by atoms with Gasteiger partial charge in [0.2, 0.25) is 5.78 Å². The fourth-order valence-electron chi connectivity index (χ4n) is 1.78. The number of ketones is 1. The first-order valence-corrected chi connectivity index (χ1v) is 5.84. The molecule has 0 saturated heterocycles. The van der Waals surface area contributed by atoms with Crippen LogP contribution in [0.15, 0.2) is 24.4 Å². The number of aromatic nitrogens is 3. The number of carbonyl (C=O) groups is 1. The van der Waals surface area contributed by atoms with Crippen LogP contribution in [-0.4, -0.2) is 27.3 Å². The fourth-order valence-corrected chi connectivity index (χ4v) is 1.78. The van der Waals surface area contributed by atoms with Crippen LogP contribution in [0.3, 0.4) is 0 Å². The molecule has 0 radical (unpaired) electrons. The summed E-state index contributed by atoms with van der Waals surface area (Å²) >= 11 is 0. The summed E-state index contributed by atoms with van der Waals surface area (Å²) in [4.78, 5) is 12.3. The molecule has 1 aromatic carbocycles. The Bertz CT molecular complexity index is 574. The van der Waals surface area contributed by atoms with E-state index < -0.39 is 0 Å². The van der Waals surface area contributed by atoms with Crippen LogP contribution in [0.4, 0.5) is 0 Å². The summed E-state index contributed by atoms with van der Waals surface area (Å²) in [5.74, 6) is -0.0977. The minimum atomic E-state index is -0.0977. The Hall–Kier alpha value is -2.01. The summed E-state index contributed by atoms with van der Waals surface area (Å²) in [7, 11) is 0. The second-order valence-corrected chi connectivity index (χ2v) is 4.23. The maximum atomic E-state index is 12.3. The van der Waals surface area contributed by atoms with Crippen molar-refractivity contribution < 1.29 is 4.79 Å². The Balaban J connectivity index is 2.32.